The van der Waals surface area contributed by atoms with Gasteiger partial charge in [0.1, 0.15) is 0 Å². The Kier molecular flexibility index (Phi) is 4.94. The van der Waals surface area contributed by atoms with Crippen LogP contribution in [0.4, 0.5) is 8.28 Å². The minimum absolute atomic E-state index is 0.0315. The van der Waals surface area contributed by atoms with Crippen molar-refractivity contribution in [1.82, 2.24) is 9.80 Å². The number of amides is 2. The molecule has 0 bridgehead atoms. The fourth-order valence-electron chi connectivity index (χ4n) is 4.56. The first-order valence-electron chi connectivity index (χ1n) is 9.34. The van der Waals surface area contributed by atoms with Gasteiger partial charge < -0.3 is 4.18 Å². The molecule has 0 aromatic heterocycles. The third-order valence-electron chi connectivity index (χ3n) is 6.05. The van der Waals surface area contributed by atoms with Crippen LogP contribution in [0.3, 0.4) is 0 Å². The fourth-order valence-corrected chi connectivity index (χ4v) is 4.91. The van der Waals surface area contributed by atoms with Crippen molar-refractivity contribution in [3.8, 4) is 5.75 Å². The minimum Gasteiger partial charge on any atom is -0.355 e. The molecule has 1 aromatic rings. The summed E-state index contributed by atoms with van der Waals surface area (Å²) in [5.74, 6) is -2.09. The fraction of sp³-hybridized carbons (Fsp3) is 0.474. The number of carbonyl (C=O) groups is 2. The highest BCUT2D eigenvalue weighted by Crippen LogP contribution is 2.51. The molecule has 4 rings (SSSR count). The molecule has 1 saturated heterocycles. The molecule has 156 valence electrons. The van der Waals surface area contributed by atoms with Crippen molar-refractivity contribution < 1.29 is 30.5 Å². The van der Waals surface area contributed by atoms with E-state index in [2.05, 4.69) is 9.08 Å². The zero-order valence-corrected chi connectivity index (χ0v) is 16.3. The molecule has 1 aliphatic carbocycles. The molecule has 7 nitrogen and oxygen atoms in total. The highest BCUT2D eigenvalue weighted by atomic mass is 32.3. The van der Waals surface area contributed by atoms with Gasteiger partial charge in [-0.1, -0.05) is 9.95 Å². The van der Waals surface area contributed by atoms with E-state index in [1.807, 2.05) is 0 Å². The van der Waals surface area contributed by atoms with E-state index in [0.29, 0.717) is 12.1 Å². The van der Waals surface area contributed by atoms with Gasteiger partial charge in [-0.15, -0.1) is 0 Å². The zero-order valence-electron chi connectivity index (χ0n) is 15.5. The topological polar surface area (TPSA) is 84.0 Å². The molecule has 2 aliphatic heterocycles. The summed E-state index contributed by atoms with van der Waals surface area (Å²) in [6.07, 6.45) is 6.06. The molecule has 2 heterocycles. The Labute approximate surface area is 167 Å². The summed E-state index contributed by atoms with van der Waals surface area (Å²) < 4.78 is 51.6. The second kappa shape index (κ2) is 7.17. The van der Waals surface area contributed by atoms with Gasteiger partial charge in [0, 0.05) is 24.7 Å². The molecule has 1 saturated carbocycles. The predicted octanol–water partition coefficient (Wildman–Crippen LogP) is 2.09. The van der Waals surface area contributed by atoms with E-state index in [0.717, 1.165) is 44.8 Å². The lowest BCUT2D eigenvalue weighted by atomic mass is 9.60. The van der Waals surface area contributed by atoms with Crippen molar-refractivity contribution in [2.75, 3.05) is 13.1 Å². The Hall–Kier alpha value is -2.33. The molecule has 29 heavy (non-hydrogen) atoms. The van der Waals surface area contributed by atoms with Crippen LogP contribution in [0.2, 0.25) is 0 Å². The first kappa shape index (κ1) is 20.0. The van der Waals surface area contributed by atoms with Crippen LogP contribution < -0.4 is 4.18 Å². The van der Waals surface area contributed by atoms with Crippen molar-refractivity contribution in [2.45, 2.75) is 38.3 Å². The predicted molar refractivity (Wildman–Crippen MR) is 98.0 cm³/mol. The van der Waals surface area contributed by atoms with Gasteiger partial charge in [0.05, 0.1) is 0 Å². The van der Waals surface area contributed by atoms with E-state index in [1.54, 1.807) is 0 Å². The maximum Gasteiger partial charge on any atom is 0.488 e. The van der Waals surface area contributed by atoms with Crippen LogP contribution >= 0.6 is 0 Å². The Bertz CT molecular complexity index is 960. The van der Waals surface area contributed by atoms with Gasteiger partial charge in [-0.25, -0.2) is 4.39 Å². The summed E-state index contributed by atoms with van der Waals surface area (Å²) in [5.41, 5.74) is 0.746. The Morgan fingerprint density at radius 2 is 1.72 bits per heavy atom. The van der Waals surface area contributed by atoms with Crippen molar-refractivity contribution in [2.24, 2.45) is 5.41 Å². The van der Waals surface area contributed by atoms with Crippen LogP contribution in [-0.2, 0) is 26.6 Å². The van der Waals surface area contributed by atoms with Gasteiger partial charge in [-0.2, -0.15) is 8.42 Å². The number of likely N-dealkylation sites (tertiary alicyclic amines) is 1. The molecule has 1 spiro atoms. The largest absolute Gasteiger partial charge is 0.488 e. The monoisotopic (exact) mass is 426 g/mol. The average Bonchev–Trinajstić information content (AvgIpc) is 2.94. The summed E-state index contributed by atoms with van der Waals surface area (Å²) in [4.78, 5) is 27.1. The Morgan fingerprint density at radius 1 is 1.10 bits per heavy atom. The van der Waals surface area contributed by atoms with Crippen LogP contribution in [0.1, 0.15) is 31.2 Å². The molecular formula is C19H20F2N2O5S. The van der Waals surface area contributed by atoms with Gasteiger partial charge in [0.25, 0.3) is 11.8 Å². The van der Waals surface area contributed by atoms with E-state index in [-0.39, 0.29) is 23.3 Å². The van der Waals surface area contributed by atoms with Crippen LogP contribution in [-0.4, -0.2) is 49.2 Å². The molecule has 3 aliphatic rings. The van der Waals surface area contributed by atoms with E-state index in [4.69, 9.17) is 0 Å². The summed E-state index contributed by atoms with van der Waals surface area (Å²) in [7, 11) is -5.29. The normalized spacial score (nSPS) is 22.3. The van der Waals surface area contributed by atoms with Crippen LogP contribution in [0.15, 0.2) is 30.4 Å². The number of rotatable bonds is 5. The maximum atomic E-state index is 13.6. The van der Waals surface area contributed by atoms with Gasteiger partial charge in [0.15, 0.2) is 11.6 Å². The molecule has 2 amide bonds. The first-order chi connectivity index (χ1) is 13.6. The molecule has 10 heteroatoms. The second-order valence-corrected chi connectivity index (χ2v) is 8.91. The molecule has 2 fully saturated rings. The Balaban J connectivity index is 1.32. The SMILES string of the molecule is O=C1C=CC(=O)N1C1CC2(CCN(Cc3ccc(F)c(OS(=O)(=O)F)c3)CC2)C1. The second-order valence-electron chi connectivity index (χ2n) is 7.96. The minimum atomic E-state index is -5.29. The zero-order chi connectivity index (χ0) is 20.8. The third kappa shape index (κ3) is 4.18. The molecule has 0 atom stereocenters. The van der Waals surface area contributed by atoms with E-state index >= 15 is 0 Å². The van der Waals surface area contributed by atoms with Crippen molar-refractivity contribution in [1.29, 1.82) is 0 Å². The number of hydrogen-bond donors (Lipinski definition) is 0. The molecule has 1 aromatic carbocycles. The average molecular weight is 426 g/mol. The maximum absolute atomic E-state index is 13.6. The summed E-state index contributed by atoms with van der Waals surface area (Å²) in [6, 6.07) is 3.72. The van der Waals surface area contributed by atoms with Crippen molar-refractivity contribution >= 4 is 22.3 Å². The third-order valence-corrected chi connectivity index (χ3v) is 6.43. The number of nitrogens with zero attached hydrogens (tertiary/aromatic N) is 2. The van der Waals surface area contributed by atoms with E-state index < -0.39 is 22.1 Å². The quantitative estimate of drug-likeness (QED) is 0.530. The molecule has 0 N–H and O–H groups in total. The van der Waals surface area contributed by atoms with Crippen LogP contribution in [0, 0.1) is 11.2 Å². The molecule has 0 unspecified atom stereocenters. The van der Waals surface area contributed by atoms with Crippen LogP contribution in [0.25, 0.3) is 0 Å². The first-order valence-corrected chi connectivity index (χ1v) is 10.7. The number of carbonyl (C=O) groups excluding carboxylic acids is 2. The highest BCUT2D eigenvalue weighted by Gasteiger charge is 2.50. The lowest BCUT2D eigenvalue weighted by molar-refractivity contribution is -0.146. The Morgan fingerprint density at radius 3 is 2.31 bits per heavy atom. The van der Waals surface area contributed by atoms with Crippen molar-refractivity contribution in [3.63, 3.8) is 0 Å². The number of imide groups is 1. The number of benzene rings is 1. The number of hydrogen-bond acceptors (Lipinski definition) is 6. The standard InChI is InChI=1S/C19H20F2N2O5S/c20-15-2-1-13(9-16(15)28-29(21,26)27)12-22-7-5-19(6-8-22)10-14(11-19)23-17(24)3-4-18(23)25/h1-4,9,14H,5-8,10-12H2. The van der Waals surface area contributed by atoms with Gasteiger partial charge in [-0.05, 0) is 61.9 Å². The highest BCUT2D eigenvalue weighted by molar-refractivity contribution is 7.81. The summed E-state index contributed by atoms with van der Waals surface area (Å²) >= 11 is 0. The van der Waals surface area contributed by atoms with E-state index in [9.17, 15) is 26.3 Å². The summed E-state index contributed by atoms with van der Waals surface area (Å²) in [6.45, 7) is 2.01. The molecular weight excluding hydrogens is 406 g/mol. The van der Waals surface area contributed by atoms with Gasteiger partial charge in [0.2, 0.25) is 0 Å². The van der Waals surface area contributed by atoms with Gasteiger partial charge in [-0.3, -0.25) is 19.4 Å². The lowest BCUT2D eigenvalue weighted by Crippen LogP contribution is -2.56. The summed E-state index contributed by atoms with van der Waals surface area (Å²) in [5, 5.41) is 0. The van der Waals surface area contributed by atoms with E-state index in [1.165, 1.54) is 29.2 Å². The molecule has 0 radical (unpaired) electrons. The van der Waals surface area contributed by atoms with Crippen LogP contribution in [0.5, 0.6) is 5.75 Å². The number of piperidine rings is 1. The van der Waals surface area contributed by atoms with Gasteiger partial charge >= 0.3 is 10.5 Å². The van der Waals surface area contributed by atoms with Crippen molar-refractivity contribution in [3.05, 3.63) is 41.7 Å². The smallest absolute Gasteiger partial charge is 0.355 e. The number of halogens is 2. The lowest BCUT2D eigenvalue weighted by Gasteiger charge is -2.54.